The summed E-state index contributed by atoms with van der Waals surface area (Å²) in [5, 5.41) is 0. The average Bonchev–Trinajstić information content (AvgIpc) is 2.41. The summed E-state index contributed by atoms with van der Waals surface area (Å²) in [7, 11) is 0. The Balaban J connectivity index is 1.98. The predicted molar refractivity (Wildman–Crippen MR) is 69.7 cm³/mol. The van der Waals surface area contributed by atoms with E-state index in [0.717, 1.165) is 24.8 Å². The van der Waals surface area contributed by atoms with Crippen molar-refractivity contribution in [3.63, 3.8) is 0 Å². The van der Waals surface area contributed by atoms with Gasteiger partial charge < -0.3 is 5.73 Å². The number of nitrogens with zero attached hydrogens (tertiary/aromatic N) is 1. The Bertz CT molecular complexity index is 368. The fraction of sp³-hybridized carbons (Fsp3) is 0.667. The van der Waals surface area contributed by atoms with E-state index in [4.69, 9.17) is 5.73 Å². The van der Waals surface area contributed by atoms with Crippen molar-refractivity contribution in [3.8, 4) is 0 Å². The Morgan fingerprint density at radius 2 is 2.06 bits per heavy atom. The topological polar surface area (TPSA) is 38.9 Å². The number of fused-ring (bicyclic) bond motifs is 3. The summed E-state index contributed by atoms with van der Waals surface area (Å²) >= 11 is 0. The van der Waals surface area contributed by atoms with Crippen molar-refractivity contribution >= 4 is 0 Å². The van der Waals surface area contributed by atoms with Crippen molar-refractivity contribution in [2.45, 2.75) is 43.9 Å². The van der Waals surface area contributed by atoms with Crippen LogP contribution < -0.4 is 5.73 Å². The molecule has 0 amide bonds. The Morgan fingerprint density at radius 3 is 2.59 bits per heavy atom. The lowest BCUT2D eigenvalue weighted by molar-refractivity contribution is 0.0562. The van der Waals surface area contributed by atoms with Gasteiger partial charge in [0.15, 0.2) is 0 Å². The molecular weight excluding hydrogens is 208 g/mol. The third-order valence-electron chi connectivity index (χ3n) is 5.05. The van der Waals surface area contributed by atoms with Crippen LogP contribution in [0, 0.1) is 11.8 Å². The van der Waals surface area contributed by atoms with Crippen LogP contribution in [0.25, 0.3) is 0 Å². The fourth-order valence-corrected chi connectivity index (χ4v) is 4.26. The van der Waals surface area contributed by atoms with Crippen molar-refractivity contribution in [1.29, 1.82) is 0 Å². The van der Waals surface area contributed by atoms with Crippen LogP contribution in [0.5, 0.6) is 0 Å². The SMILES string of the molecule is NCCC1(c2ccccn2)CC2CCC1CC2. The smallest absolute Gasteiger partial charge is 0.0468 e. The van der Waals surface area contributed by atoms with Crippen LogP contribution in [0.3, 0.4) is 0 Å². The maximum absolute atomic E-state index is 5.89. The Morgan fingerprint density at radius 1 is 1.24 bits per heavy atom. The van der Waals surface area contributed by atoms with E-state index in [1.165, 1.54) is 37.8 Å². The van der Waals surface area contributed by atoms with E-state index in [0.29, 0.717) is 5.41 Å². The van der Waals surface area contributed by atoms with Crippen LogP contribution in [-0.2, 0) is 5.41 Å². The molecule has 2 nitrogen and oxygen atoms in total. The molecule has 0 radical (unpaired) electrons. The molecule has 4 rings (SSSR count). The molecule has 0 aliphatic heterocycles. The molecular formula is C15H22N2. The summed E-state index contributed by atoms with van der Waals surface area (Å²) in [4.78, 5) is 4.66. The molecule has 2 heteroatoms. The van der Waals surface area contributed by atoms with Gasteiger partial charge in [-0.25, -0.2) is 0 Å². The first-order valence-electron chi connectivity index (χ1n) is 6.97. The number of rotatable bonds is 3. The van der Waals surface area contributed by atoms with Crippen molar-refractivity contribution in [1.82, 2.24) is 4.98 Å². The van der Waals surface area contributed by atoms with E-state index >= 15 is 0 Å². The van der Waals surface area contributed by atoms with Gasteiger partial charge in [-0.1, -0.05) is 18.9 Å². The molecule has 1 aromatic rings. The van der Waals surface area contributed by atoms with E-state index in [9.17, 15) is 0 Å². The summed E-state index contributed by atoms with van der Waals surface area (Å²) < 4.78 is 0. The van der Waals surface area contributed by atoms with Crippen molar-refractivity contribution in [3.05, 3.63) is 30.1 Å². The molecule has 1 heterocycles. The fourth-order valence-electron chi connectivity index (χ4n) is 4.26. The lowest BCUT2D eigenvalue weighted by Crippen LogP contribution is -2.46. The maximum Gasteiger partial charge on any atom is 0.0468 e. The Labute approximate surface area is 104 Å². The monoisotopic (exact) mass is 230 g/mol. The van der Waals surface area contributed by atoms with Gasteiger partial charge in [0.1, 0.15) is 0 Å². The molecule has 17 heavy (non-hydrogen) atoms. The second kappa shape index (κ2) is 4.41. The highest BCUT2D eigenvalue weighted by Crippen LogP contribution is 2.54. The van der Waals surface area contributed by atoms with Gasteiger partial charge in [0, 0.05) is 17.3 Å². The van der Waals surface area contributed by atoms with Crippen LogP contribution in [0.4, 0.5) is 0 Å². The first-order valence-corrected chi connectivity index (χ1v) is 6.97. The van der Waals surface area contributed by atoms with Gasteiger partial charge in [0.25, 0.3) is 0 Å². The van der Waals surface area contributed by atoms with Crippen LogP contribution in [-0.4, -0.2) is 11.5 Å². The van der Waals surface area contributed by atoms with E-state index in [-0.39, 0.29) is 0 Å². The highest BCUT2D eigenvalue weighted by molar-refractivity contribution is 5.22. The highest BCUT2D eigenvalue weighted by Gasteiger charge is 2.48. The molecule has 3 saturated carbocycles. The second-order valence-electron chi connectivity index (χ2n) is 5.83. The van der Waals surface area contributed by atoms with Gasteiger partial charge in [-0.3, -0.25) is 4.98 Å². The highest BCUT2D eigenvalue weighted by atomic mass is 14.7. The van der Waals surface area contributed by atoms with E-state index in [2.05, 4.69) is 17.1 Å². The van der Waals surface area contributed by atoms with E-state index < -0.39 is 0 Å². The van der Waals surface area contributed by atoms with Crippen molar-refractivity contribution < 1.29 is 0 Å². The standard InChI is InChI=1S/C15H22N2/c16-9-8-15(14-3-1-2-10-17-14)11-12-4-6-13(15)7-5-12/h1-3,10,12-13H,4-9,11,16H2. The summed E-state index contributed by atoms with van der Waals surface area (Å²) in [5.41, 5.74) is 7.49. The van der Waals surface area contributed by atoms with Crippen LogP contribution in [0.1, 0.15) is 44.2 Å². The van der Waals surface area contributed by atoms with Crippen molar-refractivity contribution in [2.24, 2.45) is 17.6 Å². The first kappa shape index (κ1) is 11.2. The van der Waals surface area contributed by atoms with E-state index in [1.54, 1.807) is 0 Å². The van der Waals surface area contributed by atoms with Crippen LogP contribution in [0.15, 0.2) is 24.4 Å². The maximum atomic E-state index is 5.89. The molecule has 0 aromatic carbocycles. The third-order valence-corrected chi connectivity index (χ3v) is 5.05. The molecule has 1 aromatic heterocycles. The Kier molecular flexibility index (Phi) is 2.91. The summed E-state index contributed by atoms with van der Waals surface area (Å²) in [6, 6.07) is 6.36. The molecule has 0 spiro atoms. The molecule has 2 N–H and O–H groups in total. The van der Waals surface area contributed by atoms with Gasteiger partial charge in [-0.15, -0.1) is 0 Å². The number of nitrogens with two attached hydrogens (primary N) is 1. The number of hydrogen-bond acceptors (Lipinski definition) is 2. The van der Waals surface area contributed by atoms with Gasteiger partial charge in [0.2, 0.25) is 0 Å². The predicted octanol–water partition coefficient (Wildman–Crippen LogP) is 2.88. The molecule has 3 fully saturated rings. The molecule has 3 aliphatic rings. The zero-order valence-corrected chi connectivity index (χ0v) is 10.4. The average molecular weight is 230 g/mol. The minimum Gasteiger partial charge on any atom is -0.330 e. The van der Waals surface area contributed by atoms with Crippen LogP contribution in [0.2, 0.25) is 0 Å². The quantitative estimate of drug-likeness (QED) is 0.867. The summed E-state index contributed by atoms with van der Waals surface area (Å²) in [6.45, 7) is 0.791. The lowest BCUT2D eigenvalue weighted by Gasteiger charge is -2.51. The minimum absolute atomic E-state index is 0.303. The summed E-state index contributed by atoms with van der Waals surface area (Å²) in [5.74, 6) is 1.75. The number of pyridine rings is 1. The zero-order valence-electron chi connectivity index (χ0n) is 10.4. The van der Waals surface area contributed by atoms with Gasteiger partial charge in [-0.2, -0.15) is 0 Å². The second-order valence-corrected chi connectivity index (χ2v) is 5.83. The van der Waals surface area contributed by atoms with Crippen molar-refractivity contribution in [2.75, 3.05) is 6.54 Å². The van der Waals surface area contributed by atoms with Gasteiger partial charge >= 0.3 is 0 Å². The number of hydrogen-bond donors (Lipinski definition) is 1. The van der Waals surface area contributed by atoms with Gasteiger partial charge in [0.05, 0.1) is 0 Å². The Hall–Kier alpha value is -0.890. The summed E-state index contributed by atoms with van der Waals surface area (Å²) in [6.07, 6.45) is 10.0. The molecule has 0 saturated heterocycles. The van der Waals surface area contributed by atoms with Crippen LogP contribution >= 0.6 is 0 Å². The number of aromatic nitrogens is 1. The normalized spacial score (nSPS) is 36.1. The molecule has 1 unspecified atom stereocenters. The van der Waals surface area contributed by atoms with Gasteiger partial charge in [-0.05, 0) is 56.2 Å². The van der Waals surface area contributed by atoms with E-state index in [1.807, 2.05) is 12.3 Å². The molecule has 3 aliphatic carbocycles. The molecule has 2 bridgehead atoms. The lowest BCUT2D eigenvalue weighted by atomic mass is 9.53. The third kappa shape index (κ3) is 1.79. The molecule has 1 atom stereocenters. The zero-order chi connectivity index (χ0) is 11.7. The minimum atomic E-state index is 0.303. The first-order chi connectivity index (χ1) is 8.35. The molecule has 92 valence electrons. The largest absolute Gasteiger partial charge is 0.330 e.